The number of carbonyl (C=O) groups is 1. The van der Waals surface area contributed by atoms with Crippen LogP contribution >= 0.6 is 15.9 Å². The van der Waals surface area contributed by atoms with E-state index in [-0.39, 0.29) is 134 Å². The first-order chi connectivity index (χ1) is 20.1. The first-order valence-electron chi connectivity index (χ1n) is 11.9. The van der Waals surface area contributed by atoms with Gasteiger partial charge in [-0.3, -0.25) is 4.79 Å². The quantitative estimate of drug-likeness (QED) is 0.0630. The van der Waals surface area contributed by atoms with Crippen molar-refractivity contribution < 1.29 is 147 Å². The molecule has 7 nitrogen and oxygen atoms in total. The number of halogens is 5. The standard InChI is InChI=1S/C14H9F2N.C8H5BrFN.C6H6BFO2.CH2O3.2K.H/c15-11-3-1-9(2-4-11)10-7-13(16)12-5-6-17-14(12)8-10;9-5-3-7(10)6-1-2-11-8(6)4-5;8-6-3-1-5(2-4-6)7(9)10;2-1-4-3;;;/h1-8,17H;1-4,11H;1-4,9-10H;1,3H;;;/q;;;;2*+1;-1/p-1. The van der Waals surface area contributed by atoms with Crippen LogP contribution in [-0.4, -0.2) is 33.6 Å². The molecule has 0 aliphatic rings. The number of hydrogen-bond acceptors (Lipinski definition) is 5. The van der Waals surface area contributed by atoms with Crippen LogP contribution in [0.25, 0.3) is 32.9 Å². The molecule has 4 N–H and O–H groups in total. The number of H-pyrrole nitrogens is 2. The van der Waals surface area contributed by atoms with Crippen molar-refractivity contribution in [2.75, 3.05) is 0 Å². The second kappa shape index (κ2) is 20.9. The van der Waals surface area contributed by atoms with Gasteiger partial charge in [0, 0.05) is 38.7 Å². The maximum Gasteiger partial charge on any atom is 1.00 e. The molecule has 0 atom stereocenters. The Morgan fingerprint density at radius 3 is 1.66 bits per heavy atom. The topological polar surface area (TPSA) is 121 Å². The number of aromatic nitrogens is 2. The maximum atomic E-state index is 13.8. The van der Waals surface area contributed by atoms with Crippen LogP contribution in [-0.2, 0) is 9.68 Å². The normalized spacial score (nSPS) is 9.55. The zero-order chi connectivity index (χ0) is 30.6. The SMILES string of the molecule is Fc1cc(Br)cc2[nH]ccc12.Fc1ccc(-c2cc(F)c3cc[nH]c3c2)cc1.O=CO[O-].OB(O)c1ccc(F)cc1.[H-].[K+].[K+]. The van der Waals surface area contributed by atoms with Gasteiger partial charge in [-0.25, -0.2) is 17.6 Å². The molecule has 2 heterocycles. The average Bonchev–Trinajstić information content (AvgIpc) is 3.65. The minimum absolute atomic E-state index is 0. The summed E-state index contributed by atoms with van der Waals surface area (Å²) in [6.07, 6.45) is 3.42. The average molecular weight is 723 g/mol. The van der Waals surface area contributed by atoms with Gasteiger partial charge in [-0.1, -0.05) is 40.2 Å². The molecule has 44 heavy (non-hydrogen) atoms. The molecule has 2 aromatic heterocycles. The van der Waals surface area contributed by atoms with Crippen LogP contribution in [0.5, 0.6) is 0 Å². The molecule has 0 radical (unpaired) electrons. The Kier molecular flexibility index (Phi) is 19.4. The third-order valence-electron chi connectivity index (χ3n) is 5.59. The van der Waals surface area contributed by atoms with Crippen molar-refractivity contribution in [3.8, 4) is 11.1 Å². The van der Waals surface area contributed by atoms with Crippen molar-refractivity contribution in [1.82, 2.24) is 9.97 Å². The molecule has 0 amide bonds. The van der Waals surface area contributed by atoms with Gasteiger partial charge in [0.25, 0.3) is 6.47 Å². The van der Waals surface area contributed by atoms with Crippen LogP contribution in [0.3, 0.4) is 0 Å². The molecule has 0 unspecified atom stereocenters. The van der Waals surface area contributed by atoms with E-state index in [2.05, 4.69) is 30.8 Å². The van der Waals surface area contributed by atoms with E-state index < -0.39 is 7.12 Å². The van der Waals surface area contributed by atoms with Gasteiger partial charge in [0.15, 0.2) is 0 Å². The van der Waals surface area contributed by atoms with E-state index in [1.807, 2.05) is 12.1 Å². The van der Waals surface area contributed by atoms with Gasteiger partial charge in [0.1, 0.15) is 23.3 Å². The molecule has 4 aromatic carbocycles. The molecular weight excluding hydrogens is 701 g/mol. The van der Waals surface area contributed by atoms with Crippen LogP contribution in [0.4, 0.5) is 17.6 Å². The van der Waals surface area contributed by atoms with Crippen LogP contribution in [0.15, 0.2) is 102 Å². The van der Waals surface area contributed by atoms with Crippen molar-refractivity contribution >= 4 is 56.8 Å². The summed E-state index contributed by atoms with van der Waals surface area (Å²) in [6.45, 7) is -0.181. The molecule has 6 aromatic rings. The van der Waals surface area contributed by atoms with E-state index in [0.717, 1.165) is 26.6 Å². The van der Waals surface area contributed by atoms with Gasteiger partial charge in [-0.05, 0) is 77.3 Å². The van der Waals surface area contributed by atoms with Gasteiger partial charge in [0.2, 0.25) is 0 Å². The second-order valence-electron chi connectivity index (χ2n) is 8.35. The molecule has 0 fully saturated rings. The number of nitrogens with one attached hydrogen (secondary N) is 2. The Morgan fingerprint density at radius 1 is 0.727 bits per heavy atom. The van der Waals surface area contributed by atoms with Gasteiger partial charge in [-0.2, -0.15) is 0 Å². The zero-order valence-corrected chi connectivity index (χ0v) is 31.2. The van der Waals surface area contributed by atoms with E-state index in [1.54, 1.807) is 36.7 Å². The third kappa shape index (κ3) is 12.6. The Balaban J connectivity index is 0.000000612. The summed E-state index contributed by atoms with van der Waals surface area (Å²) < 4.78 is 52.5. The number of rotatable bonds is 3. The van der Waals surface area contributed by atoms with Crippen LogP contribution in [0.1, 0.15) is 1.43 Å². The van der Waals surface area contributed by atoms with E-state index in [0.29, 0.717) is 16.2 Å². The van der Waals surface area contributed by atoms with E-state index in [4.69, 9.17) is 20.1 Å². The monoisotopic (exact) mass is 722 g/mol. The van der Waals surface area contributed by atoms with Gasteiger partial charge in [0.05, 0.1) is 0 Å². The third-order valence-corrected chi connectivity index (χ3v) is 6.04. The Hall–Kier alpha value is -1.15. The fourth-order valence-electron chi connectivity index (χ4n) is 3.65. The predicted octanol–water partition coefficient (Wildman–Crippen LogP) is -0.757. The van der Waals surface area contributed by atoms with Gasteiger partial charge >= 0.3 is 110 Å². The molecular formula is C29H22BBrF4K2N2O5. The minimum atomic E-state index is -1.51. The number of benzene rings is 4. The van der Waals surface area contributed by atoms with Crippen molar-refractivity contribution in [3.05, 3.63) is 125 Å². The van der Waals surface area contributed by atoms with Crippen LogP contribution in [0.2, 0.25) is 0 Å². The Labute approximate surface area is 344 Å². The molecule has 0 aliphatic heterocycles. The number of hydrogen-bond donors (Lipinski definition) is 4. The summed E-state index contributed by atoms with van der Waals surface area (Å²) >= 11 is 3.21. The smallest absolute Gasteiger partial charge is 1.00 e. The largest absolute Gasteiger partial charge is 1.00 e. The van der Waals surface area contributed by atoms with Crippen molar-refractivity contribution in [3.63, 3.8) is 0 Å². The minimum Gasteiger partial charge on any atom is -1.00 e. The number of carbonyl (C=O) groups excluding carboxylic acids is 1. The maximum absolute atomic E-state index is 13.8. The second-order valence-corrected chi connectivity index (χ2v) is 9.26. The van der Waals surface area contributed by atoms with Crippen molar-refractivity contribution in [2.45, 2.75) is 0 Å². The summed E-state index contributed by atoms with van der Waals surface area (Å²) in [5.74, 6) is -1.15. The fourth-order valence-corrected chi connectivity index (χ4v) is 4.08. The zero-order valence-electron chi connectivity index (χ0n) is 24.4. The van der Waals surface area contributed by atoms with Crippen molar-refractivity contribution in [1.29, 1.82) is 0 Å². The molecule has 0 saturated carbocycles. The Morgan fingerprint density at radius 2 is 1.18 bits per heavy atom. The molecule has 15 heteroatoms. The molecule has 0 bridgehead atoms. The predicted molar refractivity (Wildman–Crippen MR) is 154 cm³/mol. The molecule has 6 rings (SSSR count). The first kappa shape index (κ1) is 40.9. The fraction of sp³-hybridized carbons (Fsp3) is 0. The van der Waals surface area contributed by atoms with Crippen LogP contribution < -0.4 is 113 Å². The summed E-state index contributed by atoms with van der Waals surface area (Å²) in [6, 6.07) is 21.0. The van der Waals surface area contributed by atoms with E-state index in [1.165, 1.54) is 48.5 Å². The number of fused-ring (bicyclic) bond motifs is 2. The first-order valence-corrected chi connectivity index (χ1v) is 12.7. The summed E-state index contributed by atoms with van der Waals surface area (Å²) in [7, 11) is -1.51. The van der Waals surface area contributed by atoms with Crippen molar-refractivity contribution in [2.24, 2.45) is 0 Å². The molecule has 218 valence electrons. The molecule has 0 aliphatic carbocycles. The summed E-state index contributed by atoms with van der Waals surface area (Å²) in [4.78, 5) is 17.1. The molecule has 0 saturated heterocycles. The Bertz CT molecular complexity index is 1750. The van der Waals surface area contributed by atoms with Gasteiger partial charge < -0.3 is 31.6 Å². The van der Waals surface area contributed by atoms with E-state index >= 15 is 0 Å². The number of aromatic amines is 2. The summed E-state index contributed by atoms with van der Waals surface area (Å²) in [5, 5.41) is 26.7. The summed E-state index contributed by atoms with van der Waals surface area (Å²) in [5.41, 5.74) is 3.38. The van der Waals surface area contributed by atoms with Gasteiger partial charge in [-0.15, -0.1) is 0 Å². The van der Waals surface area contributed by atoms with E-state index in [9.17, 15) is 17.6 Å². The molecule has 0 spiro atoms. The van der Waals surface area contributed by atoms with Crippen LogP contribution in [0, 0.1) is 23.3 Å².